The number of carbonyl (C=O) groups is 1. The van der Waals surface area contributed by atoms with Crippen LogP contribution in [0, 0.1) is 10.1 Å². The van der Waals surface area contributed by atoms with E-state index < -0.39 is 20.9 Å². The number of aromatic carboxylic acids is 1. The smallest absolute Gasteiger partial charge is 0.271 e. The summed E-state index contributed by atoms with van der Waals surface area (Å²) in [5, 5.41) is 21.4. The highest BCUT2D eigenvalue weighted by Crippen LogP contribution is 2.21. The number of nitro benzene ring substituents is 1. The minimum atomic E-state index is -4.08. The Bertz CT molecular complexity index is 847. The first-order valence-electron chi connectivity index (χ1n) is 5.88. The molecule has 8 nitrogen and oxygen atoms in total. The van der Waals surface area contributed by atoms with Gasteiger partial charge in [0.25, 0.3) is 15.7 Å². The third kappa shape index (κ3) is 3.38. The van der Waals surface area contributed by atoms with E-state index in [1.54, 1.807) is 0 Å². The van der Waals surface area contributed by atoms with Crippen LogP contribution >= 0.6 is 0 Å². The highest BCUT2D eigenvalue weighted by atomic mass is 32.2. The molecule has 0 aliphatic heterocycles. The van der Waals surface area contributed by atoms with Crippen molar-refractivity contribution in [2.24, 2.45) is 0 Å². The molecule has 0 atom stereocenters. The van der Waals surface area contributed by atoms with Crippen molar-refractivity contribution >= 4 is 27.4 Å². The summed E-state index contributed by atoms with van der Waals surface area (Å²) in [5.74, 6) is -1.51. The van der Waals surface area contributed by atoms with Crippen molar-refractivity contribution < 1.29 is 23.2 Å². The van der Waals surface area contributed by atoms with Crippen LogP contribution in [0.5, 0.6) is 0 Å². The van der Waals surface area contributed by atoms with E-state index in [4.69, 9.17) is 0 Å². The first kappa shape index (κ1) is 15.4. The molecule has 2 aromatic rings. The highest BCUT2D eigenvalue weighted by Gasteiger charge is 2.16. The van der Waals surface area contributed by atoms with E-state index >= 15 is 0 Å². The Morgan fingerprint density at radius 3 is 2.41 bits per heavy atom. The normalized spacial score (nSPS) is 10.9. The van der Waals surface area contributed by atoms with Crippen molar-refractivity contribution in [1.29, 1.82) is 0 Å². The van der Waals surface area contributed by atoms with Gasteiger partial charge in [0.2, 0.25) is 0 Å². The molecule has 2 rings (SSSR count). The van der Waals surface area contributed by atoms with Gasteiger partial charge in [-0.2, -0.15) is 0 Å². The van der Waals surface area contributed by atoms with Crippen LogP contribution in [-0.2, 0) is 10.0 Å². The molecule has 22 heavy (non-hydrogen) atoms. The summed E-state index contributed by atoms with van der Waals surface area (Å²) < 4.78 is 26.5. The number of nitrogens with zero attached hydrogens (tertiary/aromatic N) is 1. The second-order valence-corrected chi connectivity index (χ2v) is 5.91. The lowest BCUT2D eigenvalue weighted by molar-refractivity contribution is -0.384. The molecular weight excluding hydrogens is 312 g/mol. The van der Waals surface area contributed by atoms with E-state index in [0.29, 0.717) is 0 Å². The topological polar surface area (TPSA) is 129 Å². The van der Waals surface area contributed by atoms with Crippen LogP contribution in [0.15, 0.2) is 53.4 Å². The lowest BCUT2D eigenvalue weighted by atomic mass is 10.2. The summed E-state index contributed by atoms with van der Waals surface area (Å²) in [6.07, 6.45) is 0. The van der Waals surface area contributed by atoms with Crippen LogP contribution in [0.1, 0.15) is 10.4 Å². The van der Waals surface area contributed by atoms with Crippen LogP contribution < -0.4 is 9.83 Å². The van der Waals surface area contributed by atoms with Crippen LogP contribution in [0.3, 0.4) is 0 Å². The van der Waals surface area contributed by atoms with Gasteiger partial charge in [-0.1, -0.05) is 18.2 Å². The molecule has 0 spiro atoms. The van der Waals surface area contributed by atoms with Crippen LogP contribution in [0.25, 0.3) is 0 Å². The van der Waals surface area contributed by atoms with Crippen LogP contribution in [0.2, 0.25) is 0 Å². The predicted molar refractivity (Wildman–Crippen MR) is 74.7 cm³/mol. The van der Waals surface area contributed by atoms with Crippen molar-refractivity contribution in [3.63, 3.8) is 0 Å². The van der Waals surface area contributed by atoms with E-state index in [1.165, 1.54) is 36.4 Å². The summed E-state index contributed by atoms with van der Waals surface area (Å²) in [5.41, 5.74) is -0.571. The molecule has 0 heterocycles. The zero-order chi connectivity index (χ0) is 16.3. The molecule has 114 valence electrons. The summed E-state index contributed by atoms with van der Waals surface area (Å²) in [6, 6.07) is 9.53. The first-order chi connectivity index (χ1) is 10.3. The Morgan fingerprint density at radius 1 is 1.09 bits per heavy atom. The van der Waals surface area contributed by atoms with Gasteiger partial charge in [0.1, 0.15) is 0 Å². The molecule has 0 aliphatic carbocycles. The molecule has 2 aromatic carbocycles. The summed E-state index contributed by atoms with van der Waals surface area (Å²) in [7, 11) is -4.08. The molecule has 0 radical (unpaired) electrons. The summed E-state index contributed by atoms with van der Waals surface area (Å²) >= 11 is 0. The number of benzene rings is 2. The lowest BCUT2D eigenvalue weighted by Crippen LogP contribution is -2.23. The Balaban J connectivity index is 2.35. The van der Waals surface area contributed by atoms with Gasteiger partial charge in [-0.15, -0.1) is 0 Å². The number of hydrogen-bond acceptors (Lipinski definition) is 6. The number of anilines is 1. The average Bonchev–Trinajstić information content (AvgIpc) is 2.47. The molecular formula is C13H9N2O6S-. The Labute approximate surface area is 125 Å². The summed E-state index contributed by atoms with van der Waals surface area (Å²) in [4.78, 5) is 20.5. The number of sulfonamides is 1. The molecule has 0 unspecified atom stereocenters. The maximum atomic E-state index is 12.2. The fourth-order valence-corrected chi connectivity index (χ4v) is 2.78. The van der Waals surface area contributed by atoms with Crippen molar-refractivity contribution in [3.8, 4) is 0 Å². The predicted octanol–water partition coefficient (Wildman–Crippen LogP) is 0.759. The number of carboxylic acid groups (broad SMARTS) is 1. The van der Waals surface area contributed by atoms with E-state index in [1.807, 2.05) is 0 Å². The van der Waals surface area contributed by atoms with Gasteiger partial charge in [-0.3, -0.25) is 14.8 Å². The average molecular weight is 321 g/mol. The Hall–Kier alpha value is -2.94. The lowest BCUT2D eigenvalue weighted by Gasteiger charge is -2.09. The number of carbonyl (C=O) groups excluding carboxylic acids is 1. The minimum Gasteiger partial charge on any atom is -0.545 e. The van der Waals surface area contributed by atoms with E-state index in [9.17, 15) is 28.4 Å². The molecule has 0 bridgehead atoms. The molecule has 0 aliphatic rings. The van der Waals surface area contributed by atoms with Crippen molar-refractivity contribution in [2.75, 3.05) is 4.72 Å². The fraction of sp³-hybridized carbons (Fsp3) is 0. The largest absolute Gasteiger partial charge is 0.545 e. The minimum absolute atomic E-state index is 0.00643. The number of carboxylic acids is 1. The maximum absolute atomic E-state index is 12.2. The van der Waals surface area contributed by atoms with E-state index in [-0.39, 0.29) is 21.8 Å². The quantitative estimate of drug-likeness (QED) is 0.639. The van der Waals surface area contributed by atoms with E-state index in [0.717, 1.165) is 12.1 Å². The molecule has 0 fully saturated rings. The monoisotopic (exact) mass is 321 g/mol. The molecule has 0 amide bonds. The van der Waals surface area contributed by atoms with Crippen molar-refractivity contribution in [2.45, 2.75) is 4.90 Å². The Kier molecular flexibility index (Phi) is 4.08. The number of rotatable bonds is 5. The van der Waals surface area contributed by atoms with Gasteiger partial charge in [0, 0.05) is 12.1 Å². The maximum Gasteiger partial charge on any atom is 0.271 e. The third-order valence-electron chi connectivity index (χ3n) is 2.69. The van der Waals surface area contributed by atoms with Gasteiger partial charge >= 0.3 is 0 Å². The van der Waals surface area contributed by atoms with Crippen molar-refractivity contribution in [1.82, 2.24) is 0 Å². The van der Waals surface area contributed by atoms with Crippen LogP contribution in [-0.4, -0.2) is 19.3 Å². The van der Waals surface area contributed by atoms with Crippen molar-refractivity contribution in [3.05, 3.63) is 64.2 Å². The number of nitro groups is 1. The number of hydrogen-bond donors (Lipinski definition) is 1. The number of nitrogens with one attached hydrogen (secondary N) is 1. The van der Waals surface area contributed by atoms with Gasteiger partial charge in [0.15, 0.2) is 0 Å². The van der Waals surface area contributed by atoms with Gasteiger partial charge < -0.3 is 9.90 Å². The standard InChI is InChI=1S/C13H10N2O6S/c16-13(17)9-3-1-6-12(7-9)22(20,21)14-10-4-2-5-11(8-10)15(18)19/h1-8,14H,(H,16,17)/p-1. The highest BCUT2D eigenvalue weighted by molar-refractivity contribution is 7.92. The second-order valence-electron chi connectivity index (χ2n) is 4.23. The number of non-ortho nitro benzene ring substituents is 1. The first-order valence-corrected chi connectivity index (χ1v) is 7.36. The summed E-state index contributed by atoms with van der Waals surface area (Å²) in [6.45, 7) is 0. The second kappa shape index (κ2) is 5.82. The third-order valence-corrected chi connectivity index (χ3v) is 4.07. The molecule has 9 heteroatoms. The molecule has 0 saturated carbocycles. The zero-order valence-corrected chi connectivity index (χ0v) is 11.7. The van der Waals surface area contributed by atoms with Gasteiger partial charge in [-0.25, -0.2) is 8.42 Å². The molecule has 0 aromatic heterocycles. The van der Waals surface area contributed by atoms with E-state index in [2.05, 4.69) is 4.72 Å². The Morgan fingerprint density at radius 2 is 1.77 bits per heavy atom. The molecule has 0 saturated heterocycles. The van der Waals surface area contributed by atoms with Crippen LogP contribution in [0.4, 0.5) is 11.4 Å². The fourth-order valence-electron chi connectivity index (χ4n) is 1.69. The SMILES string of the molecule is O=C([O-])c1cccc(S(=O)(=O)Nc2cccc([N+](=O)[O-])c2)c1. The van der Waals surface area contributed by atoms with Gasteiger partial charge in [0.05, 0.1) is 21.5 Å². The zero-order valence-electron chi connectivity index (χ0n) is 10.9. The molecule has 1 N–H and O–H groups in total. The van der Waals surface area contributed by atoms with Gasteiger partial charge in [-0.05, 0) is 23.8 Å².